The van der Waals surface area contributed by atoms with E-state index in [0.29, 0.717) is 0 Å². The Morgan fingerprint density at radius 1 is 1.15 bits per heavy atom. The fourth-order valence-corrected chi connectivity index (χ4v) is 2.75. The van der Waals surface area contributed by atoms with Crippen LogP contribution in [0, 0.1) is 5.13 Å². The zero-order valence-corrected chi connectivity index (χ0v) is 12.1. The summed E-state index contributed by atoms with van der Waals surface area (Å²) in [4.78, 5) is 4.88. The molecule has 0 aromatic carbocycles. The van der Waals surface area contributed by atoms with Crippen molar-refractivity contribution in [2.24, 2.45) is 0 Å². The number of hydrogen-bond donors (Lipinski definition) is 0. The number of pyridine rings is 1. The molecular formula is C15H14FN3S. The maximum absolute atomic E-state index is 13.3. The molecule has 0 unspecified atom stereocenters. The molecule has 3 aromatic heterocycles. The lowest BCUT2D eigenvalue weighted by Crippen LogP contribution is -2.00. The summed E-state index contributed by atoms with van der Waals surface area (Å²) in [5.74, 6) is 0. The molecule has 0 N–H and O–H groups in total. The van der Waals surface area contributed by atoms with Gasteiger partial charge in [0.25, 0.3) is 0 Å². The standard InChI is InChI=1S/C15H14FN3S/c1-10(2)19-9-12(11-5-7-17-8-6-11)15(18-19)13-3-4-14(16)20-13/h3-10H,1-2H3. The second kappa shape index (κ2) is 5.17. The summed E-state index contributed by atoms with van der Waals surface area (Å²) in [6, 6.07) is 7.39. The third-order valence-electron chi connectivity index (χ3n) is 3.06. The van der Waals surface area contributed by atoms with Crippen LogP contribution in [-0.4, -0.2) is 14.8 Å². The summed E-state index contributed by atoms with van der Waals surface area (Å²) in [7, 11) is 0. The van der Waals surface area contributed by atoms with E-state index < -0.39 is 0 Å². The molecule has 0 aliphatic carbocycles. The van der Waals surface area contributed by atoms with Crippen molar-refractivity contribution < 1.29 is 4.39 Å². The van der Waals surface area contributed by atoms with Gasteiger partial charge in [0.1, 0.15) is 5.69 Å². The molecule has 0 spiro atoms. The molecule has 3 aromatic rings. The lowest BCUT2D eigenvalue weighted by atomic mass is 10.1. The lowest BCUT2D eigenvalue weighted by Gasteiger charge is -2.03. The van der Waals surface area contributed by atoms with Gasteiger partial charge in [0, 0.05) is 30.2 Å². The number of hydrogen-bond acceptors (Lipinski definition) is 3. The number of halogens is 1. The Labute approximate surface area is 120 Å². The van der Waals surface area contributed by atoms with Crippen LogP contribution in [-0.2, 0) is 0 Å². The third kappa shape index (κ3) is 2.36. The number of nitrogens with zero attached hydrogens (tertiary/aromatic N) is 3. The lowest BCUT2D eigenvalue weighted by molar-refractivity contribution is 0.534. The normalized spacial score (nSPS) is 11.2. The first-order chi connectivity index (χ1) is 9.65. The third-order valence-corrected chi connectivity index (χ3v) is 3.94. The first kappa shape index (κ1) is 13.0. The van der Waals surface area contributed by atoms with Crippen molar-refractivity contribution in [2.75, 3.05) is 0 Å². The summed E-state index contributed by atoms with van der Waals surface area (Å²) >= 11 is 1.12. The van der Waals surface area contributed by atoms with Gasteiger partial charge in [-0.25, -0.2) is 0 Å². The van der Waals surface area contributed by atoms with Crippen molar-refractivity contribution in [1.82, 2.24) is 14.8 Å². The number of aromatic nitrogens is 3. The summed E-state index contributed by atoms with van der Waals surface area (Å²) in [5.41, 5.74) is 2.86. The fraction of sp³-hybridized carbons (Fsp3) is 0.200. The van der Waals surface area contributed by atoms with Crippen LogP contribution in [0.25, 0.3) is 21.7 Å². The quantitative estimate of drug-likeness (QED) is 0.715. The number of thiophene rings is 1. The minimum Gasteiger partial charge on any atom is -0.269 e. The van der Waals surface area contributed by atoms with Crippen LogP contribution in [0.1, 0.15) is 19.9 Å². The van der Waals surface area contributed by atoms with Gasteiger partial charge < -0.3 is 0 Å². The minimum absolute atomic E-state index is 0.195. The zero-order chi connectivity index (χ0) is 14.1. The van der Waals surface area contributed by atoms with E-state index in [-0.39, 0.29) is 11.2 Å². The Morgan fingerprint density at radius 2 is 1.90 bits per heavy atom. The van der Waals surface area contributed by atoms with Crippen LogP contribution >= 0.6 is 11.3 Å². The van der Waals surface area contributed by atoms with E-state index in [4.69, 9.17) is 0 Å². The van der Waals surface area contributed by atoms with E-state index in [9.17, 15) is 4.39 Å². The molecule has 0 aliphatic heterocycles. The topological polar surface area (TPSA) is 30.7 Å². The van der Waals surface area contributed by atoms with Gasteiger partial charge >= 0.3 is 0 Å². The molecule has 3 heterocycles. The van der Waals surface area contributed by atoms with Crippen molar-refractivity contribution in [1.29, 1.82) is 0 Å². The Hall–Kier alpha value is -2.01. The molecule has 0 radical (unpaired) electrons. The van der Waals surface area contributed by atoms with Crippen LogP contribution in [0.3, 0.4) is 0 Å². The Bertz CT molecular complexity index is 716. The number of rotatable bonds is 3. The molecule has 0 atom stereocenters. The van der Waals surface area contributed by atoms with Gasteiger partial charge in [-0.15, -0.1) is 11.3 Å². The second-order valence-corrected chi connectivity index (χ2v) is 5.84. The van der Waals surface area contributed by atoms with Crippen molar-refractivity contribution in [2.45, 2.75) is 19.9 Å². The monoisotopic (exact) mass is 287 g/mol. The van der Waals surface area contributed by atoms with Crippen LogP contribution in [0.4, 0.5) is 4.39 Å². The van der Waals surface area contributed by atoms with Gasteiger partial charge in [0.05, 0.1) is 4.88 Å². The highest BCUT2D eigenvalue weighted by Crippen LogP contribution is 2.35. The summed E-state index contributed by atoms with van der Waals surface area (Å²) in [6.07, 6.45) is 5.51. The highest BCUT2D eigenvalue weighted by Gasteiger charge is 2.16. The maximum Gasteiger partial charge on any atom is 0.177 e. The van der Waals surface area contributed by atoms with Gasteiger partial charge in [0.15, 0.2) is 5.13 Å². The van der Waals surface area contributed by atoms with Crippen molar-refractivity contribution >= 4 is 11.3 Å². The first-order valence-electron chi connectivity index (χ1n) is 6.40. The summed E-state index contributed by atoms with van der Waals surface area (Å²) in [6.45, 7) is 4.14. The minimum atomic E-state index is -0.195. The second-order valence-electron chi connectivity index (χ2n) is 4.80. The molecule has 3 nitrogen and oxygen atoms in total. The molecule has 0 saturated heterocycles. The van der Waals surface area contributed by atoms with Gasteiger partial charge in [-0.3, -0.25) is 9.67 Å². The van der Waals surface area contributed by atoms with Gasteiger partial charge in [-0.1, -0.05) is 0 Å². The Kier molecular flexibility index (Phi) is 3.36. The van der Waals surface area contributed by atoms with Gasteiger partial charge in [-0.05, 0) is 43.7 Å². The van der Waals surface area contributed by atoms with Crippen molar-refractivity contribution in [3.8, 4) is 21.7 Å². The van der Waals surface area contributed by atoms with E-state index in [1.165, 1.54) is 6.07 Å². The van der Waals surface area contributed by atoms with E-state index in [0.717, 1.165) is 33.0 Å². The zero-order valence-electron chi connectivity index (χ0n) is 11.2. The highest BCUT2D eigenvalue weighted by atomic mass is 32.1. The molecule has 0 saturated carbocycles. The van der Waals surface area contributed by atoms with E-state index in [1.807, 2.05) is 23.0 Å². The van der Waals surface area contributed by atoms with Crippen LogP contribution in [0.5, 0.6) is 0 Å². The van der Waals surface area contributed by atoms with Crippen LogP contribution < -0.4 is 0 Å². The highest BCUT2D eigenvalue weighted by molar-refractivity contribution is 7.13. The largest absolute Gasteiger partial charge is 0.269 e. The van der Waals surface area contributed by atoms with Gasteiger partial charge in [0.2, 0.25) is 0 Å². The molecule has 0 bridgehead atoms. The summed E-state index contributed by atoms with van der Waals surface area (Å²) in [5, 5.41) is 4.42. The van der Waals surface area contributed by atoms with Crippen LogP contribution in [0.2, 0.25) is 0 Å². The van der Waals surface area contributed by atoms with E-state index in [1.54, 1.807) is 18.5 Å². The Morgan fingerprint density at radius 3 is 2.50 bits per heavy atom. The Balaban J connectivity index is 2.17. The molecule has 20 heavy (non-hydrogen) atoms. The van der Waals surface area contributed by atoms with Gasteiger partial charge in [-0.2, -0.15) is 9.49 Å². The van der Waals surface area contributed by atoms with Crippen molar-refractivity contribution in [3.63, 3.8) is 0 Å². The molecule has 0 aliphatic rings. The van der Waals surface area contributed by atoms with E-state index >= 15 is 0 Å². The molecule has 0 fully saturated rings. The predicted molar refractivity (Wildman–Crippen MR) is 79.1 cm³/mol. The van der Waals surface area contributed by atoms with E-state index in [2.05, 4.69) is 23.9 Å². The molecule has 5 heteroatoms. The molecule has 3 rings (SSSR count). The predicted octanol–water partition coefficient (Wildman–Crippen LogP) is 4.39. The smallest absolute Gasteiger partial charge is 0.177 e. The molecular weight excluding hydrogens is 273 g/mol. The SMILES string of the molecule is CC(C)n1cc(-c2ccncc2)c(-c2ccc(F)s2)n1. The molecule has 102 valence electrons. The fourth-order valence-electron chi connectivity index (χ4n) is 2.02. The average molecular weight is 287 g/mol. The first-order valence-corrected chi connectivity index (χ1v) is 7.22. The summed E-state index contributed by atoms with van der Waals surface area (Å²) < 4.78 is 15.2. The van der Waals surface area contributed by atoms with Crippen LogP contribution in [0.15, 0.2) is 42.9 Å². The average Bonchev–Trinajstić information content (AvgIpc) is 3.05. The molecule has 0 amide bonds. The van der Waals surface area contributed by atoms with Crippen molar-refractivity contribution in [3.05, 3.63) is 48.0 Å². The maximum atomic E-state index is 13.3.